The van der Waals surface area contributed by atoms with E-state index in [2.05, 4.69) is 5.32 Å². The van der Waals surface area contributed by atoms with Crippen LogP contribution >= 0.6 is 0 Å². The number of hydrogen-bond donors (Lipinski definition) is 4. The van der Waals surface area contributed by atoms with Gasteiger partial charge in [-0.2, -0.15) is 0 Å². The standard InChI is InChI=1S/C11H29N3O3Si.C9H23NO3Si/c1-15-18(16-2,17-10-4-3-6-12)11-5-8-14-9-7-13;1-4-11-14(12-5-2,13-6-3)9-7-8-10/h14H,3-13H2,1-2H3;4-10H2,1-3H3. The molecule has 0 fully saturated rings. The normalized spacial score (nSPS) is 12.0. The SMILES string of the molecule is CCO[Si](CCCN)(OCC)OCC.CO[Si](CCCNCCN)(OC)OCCCCN. The Kier molecular flexibility index (Phi) is 25.8. The van der Waals surface area contributed by atoms with Gasteiger partial charge in [0.2, 0.25) is 0 Å². The van der Waals surface area contributed by atoms with Gasteiger partial charge in [-0.15, -0.1) is 0 Å². The molecule has 0 radical (unpaired) electrons. The minimum Gasteiger partial charge on any atom is -0.377 e. The van der Waals surface area contributed by atoms with E-state index in [1.54, 1.807) is 14.2 Å². The van der Waals surface area contributed by atoms with Crippen molar-refractivity contribution in [2.45, 2.75) is 58.5 Å². The minimum atomic E-state index is -2.47. The van der Waals surface area contributed by atoms with Crippen LogP contribution in [0.2, 0.25) is 12.1 Å². The Balaban J connectivity index is 0. The molecular formula is C20H52N4O6Si2. The van der Waals surface area contributed by atoms with Gasteiger partial charge in [0.15, 0.2) is 0 Å². The number of nitrogens with one attached hydrogen (secondary N) is 1. The van der Waals surface area contributed by atoms with Crippen molar-refractivity contribution in [3.8, 4) is 0 Å². The first-order valence-corrected chi connectivity index (χ1v) is 15.8. The molecule has 0 aromatic heterocycles. The van der Waals surface area contributed by atoms with Crippen molar-refractivity contribution in [1.82, 2.24) is 5.32 Å². The van der Waals surface area contributed by atoms with Gasteiger partial charge in [-0.3, -0.25) is 0 Å². The molecule has 7 N–H and O–H groups in total. The van der Waals surface area contributed by atoms with E-state index in [-0.39, 0.29) is 0 Å². The van der Waals surface area contributed by atoms with Gasteiger partial charge in [0.05, 0.1) is 0 Å². The summed E-state index contributed by atoms with van der Waals surface area (Å²) in [5.41, 5.74) is 16.3. The predicted octanol–water partition coefficient (Wildman–Crippen LogP) is 1.30. The minimum absolute atomic E-state index is 0.636. The average molecular weight is 501 g/mol. The Hall–Kier alpha value is 0.0338. The van der Waals surface area contributed by atoms with Gasteiger partial charge in [-0.25, -0.2) is 0 Å². The van der Waals surface area contributed by atoms with Crippen LogP contribution in [0, 0.1) is 0 Å². The van der Waals surface area contributed by atoms with Crippen molar-refractivity contribution in [1.29, 1.82) is 0 Å². The molecule has 0 unspecified atom stereocenters. The third kappa shape index (κ3) is 17.5. The average Bonchev–Trinajstić information content (AvgIpc) is 2.80. The van der Waals surface area contributed by atoms with Crippen LogP contribution in [0.4, 0.5) is 0 Å². The molecule has 0 aromatic carbocycles. The van der Waals surface area contributed by atoms with Gasteiger partial charge >= 0.3 is 17.6 Å². The van der Waals surface area contributed by atoms with E-state index in [9.17, 15) is 0 Å². The maximum atomic E-state index is 5.82. The number of unbranched alkanes of at least 4 members (excludes halogenated alkanes) is 1. The molecule has 0 aliphatic heterocycles. The molecule has 0 aromatic rings. The lowest BCUT2D eigenvalue weighted by molar-refractivity contribution is 0.0709. The fraction of sp³-hybridized carbons (Fsp3) is 1.00. The van der Waals surface area contributed by atoms with E-state index >= 15 is 0 Å². The van der Waals surface area contributed by atoms with Crippen LogP contribution in [-0.2, 0) is 26.6 Å². The highest BCUT2D eigenvalue weighted by Crippen LogP contribution is 2.18. The van der Waals surface area contributed by atoms with E-state index in [0.717, 1.165) is 50.9 Å². The first-order valence-electron chi connectivity index (χ1n) is 12.0. The van der Waals surface area contributed by atoms with Crippen LogP contribution in [0.5, 0.6) is 0 Å². The number of nitrogens with two attached hydrogens (primary N) is 3. The summed E-state index contributed by atoms with van der Waals surface area (Å²) in [6, 6.07) is 1.64. The molecule has 0 spiro atoms. The van der Waals surface area contributed by atoms with E-state index in [4.69, 9.17) is 43.8 Å². The third-order valence-electron chi connectivity index (χ3n) is 4.48. The molecule has 0 heterocycles. The quantitative estimate of drug-likeness (QED) is 0.127. The Morgan fingerprint density at radius 1 is 0.594 bits per heavy atom. The zero-order chi connectivity index (χ0) is 24.6. The van der Waals surface area contributed by atoms with E-state index in [1.807, 2.05) is 20.8 Å². The smallest absolute Gasteiger partial charge is 0.377 e. The maximum absolute atomic E-state index is 5.82. The summed E-state index contributed by atoms with van der Waals surface area (Å²) < 4.78 is 33.7. The van der Waals surface area contributed by atoms with Gasteiger partial charge in [0.1, 0.15) is 0 Å². The molecular weight excluding hydrogens is 448 g/mol. The summed E-state index contributed by atoms with van der Waals surface area (Å²) in [6.07, 6.45) is 3.77. The summed E-state index contributed by atoms with van der Waals surface area (Å²) in [7, 11) is -1.54. The fourth-order valence-corrected chi connectivity index (χ4v) is 7.59. The van der Waals surface area contributed by atoms with Crippen molar-refractivity contribution >= 4 is 17.6 Å². The highest BCUT2D eigenvalue weighted by Gasteiger charge is 2.39. The first-order chi connectivity index (χ1) is 15.5. The van der Waals surface area contributed by atoms with Crippen molar-refractivity contribution in [3.05, 3.63) is 0 Å². The highest BCUT2D eigenvalue weighted by atomic mass is 28.4. The molecule has 0 bridgehead atoms. The van der Waals surface area contributed by atoms with Crippen LogP contribution in [0.15, 0.2) is 0 Å². The lowest BCUT2D eigenvalue weighted by Gasteiger charge is -2.28. The van der Waals surface area contributed by atoms with Crippen molar-refractivity contribution in [2.24, 2.45) is 17.2 Å². The summed E-state index contributed by atoms with van der Waals surface area (Å²) in [5.74, 6) is 0. The number of hydrogen-bond acceptors (Lipinski definition) is 10. The monoisotopic (exact) mass is 500 g/mol. The van der Waals surface area contributed by atoms with Gasteiger partial charge in [-0.05, 0) is 66.1 Å². The molecule has 0 saturated carbocycles. The lowest BCUT2D eigenvalue weighted by atomic mass is 10.3. The summed E-state index contributed by atoms with van der Waals surface area (Å²) in [4.78, 5) is 0. The van der Waals surface area contributed by atoms with Gasteiger partial charge in [0.25, 0.3) is 0 Å². The zero-order valence-electron chi connectivity index (χ0n) is 21.3. The molecule has 0 aliphatic carbocycles. The predicted molar refractivity (Wildman–Crippen MR) is 134 cm³/mol. The van der Waals surface area contributed by atoms with Gasteiger partial charge in [0, 0.05) is 65.8 Å². The second kappa shape index (κ2) is 24.2. The van der Waals surface area contributed by atoms with Gasteiger partial charge < -0.3 is 49.1 Å². The fourth-order valence-electron chi connectivity index (χ4n) is 2.93. The van der Waals surface area contributed by atoms with Crippen LogP contribution < -0.4 is 22.5 Å². The van der Waals surface area contributed by atoms with Crippen molar-refractivity contribution < 1.29 is 26.6 Å². The van der Waals surface area contributed by atoms with E-state index in [0.29, 0.717) is 46.1 Å². The lowest BCUT2D eigenvalue weighted by Crippen LogP contribution is -2.46. The molecule has 0 saturated heterocycles. The molecule has 0 amide bonds. The van der Waals surface area contributed by atoms with Crippen molar-refractivity contribution in [2.75, 3.05) is 73.4 Å². The Bertz CT molecular complexity index is 369. The Labute approximate surface area is 198 Å². The molecule has 10 nitrogen and oxygen atoms in total. The van der Waals surface area contributed by atoms with Crippen LogP contribution in [-0.4, -0.2) is 91.0 Å². The molecule has 0 aliphatic rings. The van der Waals surface area contributed by atoms with E-state index in [1.165, 1.54) is 0 Å². The molecule has 196 valence electrons. The molecule has 0 rings (SSSR count). The van der Waals surface area contributed by atoms with E-state index < -0.39 is 17.6 Å². The number of rotatable bonds is 22. The summed E-state index contributed by atoms with van der Waals surface area (Å²) in [5, 5.41) is 3.25. The second-order valence-corrected chi connectivity index (χ2v) is 12.7. The largest absolute Gasteiger partial charge is 0.500 e. The van der Waals surface area contributed by atoms with Crippen LogP contribution in [0.25, 0.3) is 0 Å². The van der Waals surface area contributed by atoms with Crippen molar-refractivity contribution in [3.63, 3.8) is 0 Å². The second-order valence-electron chi connectivity index (χ2n) is 6.95. The van der Waals surface area contributed by atoms with Crippen LogP contribution in [0.1, 0.15) is 46.5 Å². The third-order valence-corrected chi connectivity index (χ3v) is 10.5. The zero-order valence-corrected chi connectivity index (χ0v) is 23.3. The Morgan fingerprint density at radius 3 is 1.56 bits per heavy atom. The summed E-state index contributed by atoms with van der Waals surface area (Å²) in [6.45, 7) is 12.2. The van der Waals surface area contributed by atoms with Gasteiger partial charge in [-0.1, -0.05) is 0 Å². The van der Waals surface area contributed by atoms with Crippen LogP contribution in [0.3, 0.4) is 0 Å². The summed E-state index contributed by atoms with van der Waals surface area (Å²) >= 11 is 0. The Morgan fingerprint density at radius 2 is 1.12 bits per heavy atom. The topological polar surface area (TPSA) is 145 Å². The molecule has 32 heavy (non-hydrogen) atoms. The highest BCUT2D eigenvalue weighted by molar-refractivity contribution is 6.61. The maximum Gasteiger partial charge on any atom is 0.500 e. The first kappa shape index (κ1) is 34.2. The molecule has 12 heteroatoms. The molecule has 0 atom stereocenters.